The number of piperidine rings is 1. The van der Waals surface area contributed by atoms with E-state index >= 15 is 0 Å². The van der Waals surface area contributed by atoms with Crippen LogP contribution in [0.1, 0.15) is 36.0 Å². The molecule has 1 aliphatic rings. The summed E-state index contributed by atoms with van der Waals surface area (Å²) in [7, 11) is 2.15. The minimum absolute atomic E-state index is 0.0947. The summed E-state index contributed by atoms with van der Waals surface area (Å²) < 4.78 is 5.66. The van der Waals surface area contributed by atoms with Crippen molar-refractivity contribution in [1.29, 1.82) is 0 Å². The molecule has 2 rings (SSSR count). The molecule has 3 N–H and O–H groups in total. The number of carboxylic acid groups (broad SMARTS) is 1. The molecule has 1 fully saturated rings. The summed E-state index contributed by atoms with van der Waals surface area (Å²) >= 11 is 0. The van der Waals surface area contributed by atoms with E-state index < -0.39 is 5.97 Å². The molecule has 5 heteroatoms. The van der Waals surface area contributed by atoms with E-state index in [0.29, 0.717) is 18.4 Å². The lowest BCUT2D eigenvalue weighted by Crippen LogP contribution is -2.37. The Balaban J connectivity index is 1.87. The number of rotatable bonds is 5. The van der Waals surface area contributed by atoms with Crippen molar-refractivity contribution in [3.8, 4) is 5.75 Å². The van der Waals surface area contributed by atoms with Crippen LogP contribution in [0.5, 0.6) is 5.75 Å². The molecule has 110 valence electrons. The van der Waals surface area contributed by atoms with Gasteiger partial charge in [0, 0.05) is 11.7 Å². The SMILES string of the molecule is CN1CCCCC1CCOc1ccc(N)c(C(=O)O)c1. The fraction of sp³-hybridized carbons (Fsp3) is 0.533. The van der Waals surface area contributed by atoms with Gasteiger partial charge in [-0.2, -0.15) is 0 Å². The molecular weight excluding hydrogens is 256 g/mol. The molecule has 0 aliphatic carbocycles. The van der Waals surface area contributed by atoms with Crippen molar-refractivity contribution in [2.24, 2.45) is 0 Å². The van der Waals surface area contributed by atoms with Gasteiger partial charge in [-0.25, -0.2) is 4.79 Å². The van der Waals surface area contributed by atoms with Crippen LogP contribution in [0.2, 0.25) is 0 Å². The largest absolute Gasteiger partial charge is 0.494 e. The van der Waals surface area contributed by atoms with Crippen molar-refractivity contribution in [3.63, 3.8) is 0 Å². The van der Waals surface area contributed by atoms with Gasteiger partial charge in [0.15, 0.2) is 0 Å². The Morgan fingerprint density at radius 3 is 3.00 bits per heavy atom. The molecule has 0 saturated carbocycles. The van der Waals surface area contributed by atoms with Crippen molar-refractivity contribution in [2.45, 2.75) is 31.7 Å². The standard InChI is InChI=1S/C15H22N2O3/c1-17-8-3-2-4-11(17)7-9-20-12-5-6-14(16)13(10-12)15(18)19/h5-6,10-11H,2-4,7-9,16H2,1H3,(H,18,19). The van der Waals surface area contributed by atoms with Crippen LogP contribution in [0.3, 0.4) is 0 Å². The van der Waals surface area contributed by atoms with E-state index in [9.17, 15) is 4.79 Å². The number of hydrogen-bond donors (Lipinski definition) is 2. The molecule has 20 heavy (non-hydrogen) atoms. The monoisotopic (exact) mass is 278 g/mol. The molecular formula is C15H22N2O3. The van der Waals surface area contributed by atoms with Crippen molar-refractivity contribution in [1.82, 2.24) is 4.90 Å². The highest BCUT2D eigenvalue weighted by Crippen LogP contribution is 2.21. The third kappa shape index (κ3) is 3.63. The maximum atomic E-state index is 11.0. The average Bonchev–Trinajstić information content (AvgIpc) is 2.42. The van der Waals surface area contributed by atoms with Gasteiger partial charge in [-0.05, 0) is 51.1 Å². The molecule has 1 aliphatic heterocycles. The minimum Gasteiger partial charge on any atom is -0.494 e. The Labute approximate surface area is 119 Å². The topological polar surface area (TPSA) is 75.8 Å². The molecule has 0 bridgehead atoms. The van der Waals surface area contributed by atoms with Crippen LogP contribution in [0.25, 0.3) is 0 Å². The number of anilines is 1. The van der Waals surface area contributed by atoms with Crippen molar-refractivity contribution >= 4 is 11.7 Å². The van der Waals surface area contributed by atoms with Gasteiger partial charge in [0.1, 0.15) is 5.75 Å². The third-order valence-electron chi connectivity index (χ3n) is 3.90. The Kier molecular flexibility index (Phi) is 4.84. The number of nitrogen functional groups attached to an aromatic ring is 1. The second kappa shape index (κ2) is 6.61. The van der Waals surface area contributed by atoms with E-state index in [4.69, 9.17) is 15.6 Å². The van der Waals surface area contributed by atoms with Gasteiger partial charge in [-0.15, -0.1) is 0 Å². The maximum absolute atomic E-state index is 11.0. The van der Waals surface area contributed by atoms with Crippen LogP contribution in [0, 0.1) is 0 Å². The predicted octanol–water partition coefficient (Wildman–Crippen LogP) is 2.22. The van der Waals surface area contributed by atoms with E-state index in [1.54, 1.807) is 12.1 Å². The van der Waals surface area contributed by atoms with Crippen molar-refractivity contribution in [3.05, 3.63) is 23.8 Å². The summed E-state index contributed by atoms with van der Waals surface area (Å²) in [6, 6.07) is 5.34. The molecule has 1 atom stereocenters. The lowest BCUT2D eigenvalue weighted by Gasteiger charge is -2.32. The van der Waals surface area contributed by atoms with Gasteiger partial charge < -0.3 is 20.5 Å². The molecule has 0 aromatic heterocycles. The second-order valence-electron chi connectivity index (χ2n) is 5.32. The summed E-state index contributed by atoms with van der Waals surface area (Å²) in [6.45, 7) is 1.74. The first-order valence-electron chi connectivity index (χ1n) is 7.04. The van der Waals surface area contributed by atoms with Gasteiger partial charge in [0.25, 0.3) is 0 Å². The van der Waals surface area contributed by atoms with Gasteiger partial charge in [0.05, 0.1) is 12.2 Å². The molecule has 1 aromatic rings. The van der Waals surface area contributed by atoms with Crippen LogP contribution < -0.4 is 10.5 Å². The lowest BCUT2D eigenvalue weighted by atomic mass is 10.0. The molecule has 1 unspecified atom stereocenters. The molecule has 5 nitrogen and oxygen atoms in total. The molecule has 0 radical (unpaired) electrons. The quantitative estimate of drug-likeness (QED) is 0.808. The molecule has 1 heterocycles. The lowest BCUT2D eigenvalue weighted by molar-refractivity contribution is 0.0697. The number of hydrogen-bond acceptors (Lipinski definition) is 4. The Hall–Kier alpha value is -1.75. The van der Waals surface area contributed by atoms with Crippen molar-refractivity contribution in [2.75, 3.05) is 25.9 Å². The smallest absolute Gasteiger partial charge is 0.337 e. The average molecular weight is 278 g/mol. The predicted molar refractivity (Wildman–Crippen MR) is 78.2 cm³/mol. The van der Waals surface area contributed by atoms with E-state index in [0.717, 1.165) is 13.0 Å². The summed E-state index contributed by atoms with van der Waals surface area (Å²) in [5, 5.41) is 9.01. The van der Waals surface area contributed by atoms with E-state index in [-0.39, 0.29) is 11.3 Å². The molecule has 0 spiro atoms. The number of nitrogens with two attached hydrogens (primary N) is 1. The van der Waals surface area contributed by atoms with E-state index in [1.807, 2.05) is 0 Å². The first-order valence-corrected chi connectivity index (χ1v) is 7.04. The van der Waals surface area contributed by atoms with E-state index in [1.165, 1.54) is 25.3 Å². The minimum atomic E-state index is -1.03. The third-order valence-corrected chi connectivity index (χ3v) is 3.90. The Morgan fingerprint density at radius 1 is 1.50 bits per heavy atom. The highest BCUT2D eigenvalue weighted by atomic mass is 16.5. The van der Waals surface area contributed by atoms with Gasteiger partial charge >= 0.3 is 5.97 Å². The number of benzene rings is 1. The van der Waals surface area contributed by atoms with Crippen LogP contribution in [0.4, 0.5) is 5.69 Å². The maximum Gasteiger partial charge on any atom is 0.337 e. The number of aromatic carboxylic acids is 1. The number of carboxylic acids is 1. The van der Waals surface area contributed by atoms with Gasteiger partial charge in [-0.1, -0.05) is 6.42 Å². The Morgan fingerprint density at radius 2 is 2.30 bits per heavy atom. The zero-order valence-electron chi connectivity index (χ0n) is 11.8. The second-order valence-corrected chi connectivity index (χ2v) is 5.32. The fourth-order valence-electron chi connectivity index (χ4n) is 2.63. The summed E-state index contributed by atoms with van der Waals surface area (Å²) in [4.78, 5) is 13.4. The number of ether oxygens (including phenoxy) is 1. The summed E-state index contributed by atoms with van der Waals surface area (Å²) in [6.07, 6.45) is 4.72. The fourth-order valence-corrected chi connectivity index (χ4v) is 2.63. The van der Waals surface area contributed by atoms with Crippen LogP contribution in [-0.2, 0) is 0 Å². The van der Waals surface area contributed by atoms with Crippen molar-refractivity contribution < 1.29 is 14.6 Å². The van der Waals surface area contributed by atoms with Gasteiger partial charge in [-0.3, -0.25) is 0 Å². The Bertz CT molecular complexity index is 476. The zero-order chi connectivity index (χ0) is 14.5. The number of carbonyl (C=O) groups is 1. The molecule has 1 saturated heterocycles. The van der Waals surface area contributed by atoms with Gasteiger partial charge in [0.2, 0.25) is 0 Å². The van der Waals surface area contributed by atoms with E-state index in [2.05, 4.69) is 11.9 Å². The summed E-state index contributed by atoms with van der Waals surface area (Å²) in [5.41, 5.74) is 5.97. The molecule has 0 amide bonds. The first kappa shape index (κ1) is 14.7. The number of likely N-dealkylation sites (tertiary alicyclic amines) is 1. The zero-order valence-corrected chi connectivity index (χ0v) is 11.8. The van der Waals surface area contributed by atoms with Crippen LogP contribution >= 0.6 is 0 Å². The highest BCUT2D eigenvalue weighted by molar-refractivity contribution is 5.94. The number of nitrogens with zero attached hydrogens (tertiary/aromatic N) is 1. The van der Waals surface area contributed by atoms with Crippen LogP contribution in [0.15, 0.2) is 18.2 Å². The normalized spacial score (nSPS) is 19.8. The highest BCUT2D eigenvalue weighted by Gasteiger charge is 2.18. The van der Waals surface area contributed by atoms with Crippen LogP contribution in [-0.4, -0.2) is 42.2 Å². The summed E-state index contributed by atoms with van der Waals surface area (Å²) in [5.74, 6) is -0.463. The molecule has 1 aromatic carbocycles. The first-order chi connectivity index (χ1) is 9.58.